The molecule has 1 fully saturated rings. The van der Waals surface area contributed by atoms with E-state index >= 15 is 0 Å². The van der Waals surface area contributed by atoms with Gasteiger partial charge in [0.05, 0.1) is 0 Å². The van der Waals surface area contributed by atoms with E-state index in [0.29, 0.717) is 12.3 Å². The number of carbonyl (C=O) groups is 1. The molecule has 5 heteroatoms. The van der Waals surface area contributed by atoms with Gasteiger partial charge in [-0.05, 0) is 18.3 Å². The fraction of sp³-hybridized carbons (Fsp3) is 0.900. The number of nitrogens with zero attached hydrogens (tertiary/aromatic N) is 1. The summed E-state index contributed by atoms with van der Waals surface area (Å²) in [7, 11) is 1.24. The van der Waals surface area contributed by atoms with Crippen molar-refractivity contribution < 1.29 is 18.0 Å². The first-order valence-electron chi connectivity index (χ1n) is 5.13. The zero-order valence-electron chi connectivity index (χ0n) is 9.14. The van der Waals surface area contributed by atoms with Gasteiger partial charge in [-0.25, -0.2) is 0 Å². The van der Waals surface area contributed by atoms with E-state index in [2.05, 4.69) is 0 Å². The largest absolute Gasteiger partial charge is 0.471 e. The molecule has 0 bridgehead atoms. The summed E-state index contributed by atoms with van der Waals surface area (Å²) in [6, 6.07) is -0.214. The van der Waals surface area contributed by atoms with Crippen LogP contribution in [0, 0.1) is 11.8 Å². The Morgan fingerprint density at radius 2 is 2.07 bits per heavy atom. The van der Waals surface area contributed by atoms with Gasteiger partial charge in [0, 0.05) is 13.1 Å². The molecule has 0 aromatic rings. The lowest BCUT2D eigenvalue weighted by Gasteiger charge is -2.20. The van der Waals surface area contributed by atoms with Crippen molar-refractivity contribution in [3.8, 4) is 0 Å². The molecule has 0 saturated heterocycles. The van der Waals surface area contributed by atoms with Crippen molar-refractivity contribution in [2.24, 2.45) is 11.8 Å². The molecule has 88 valence electrons. The topological polar surface area (TPSA) is 20.3 Å². The molecule has 1 aliphatic rings. The van der Waals surface area contributed by atoms with Crippen molar-refractivity contribution in [1.82, 2.24) is 4.90 Å². The third-order valence-corrected chi connectivity index (χ3v) is 3.24. The molecule has 0 spiro atoms. The highest BCUT2D eigenvalue weighted by Gasteiger charge is 2.50. The molecule has 1 saturated carbocycles. The minimum Gasteiger partial charge on any atom is -0.335 e. The Kier molecular flexibility index (Phi) is 3.31. The molecular formula is C10H16F3NO. The maximum atomic E-state index is 12.1. The van der Waals surface area contributed by atoms with Gasteiger partial charge < -0.3 is 4.90 Å². The monoisotopic (exact) mass is 223 g/mol. The van der Waals surface area contributed by atoms with Crippen LogP contribution in [-0.4, -0.2) is 30.1 Å². The highest BCUT2D eigenvalue weighted by Crippen LogP contribution is 2.43. The highest BCUT2D eigenvalue weighted by molar-refractivity contribution is 5.82. The Balaban J connectivity index is 2.51. The van der Waals surface area contributed by atoms with Crippen LogP contribution in [0.25, 0.3) is 0 Å². The van der Waals surface area contributed by atoms with Crippen LogP contribution in [0.3, 0.4) is 0 Å². The smallest absolute Gasteiger partial charge is 0.335 e. The molecule has 0 N–H and O–H groups in total. The molecule has 1 amide bonds. The molecule has 2 nitrogen and oxygen atoms in total. The van der Waals surface area contributed by atoms with Gasteiger partial charge in [-0.3, -0.25) is 4.79 Å². The van der Waals surface area contributed by atoms with Gasteiger partial charge in [0.2, 0.25) is 0 Å². The summed E-state index contributed by atoms with van der Waals surface area (Å²) in [5.74, 6) is -1.09. The van der Waals surface area contributed by atoms with Crippen molar-refractivity contribution in [1.29, 1.82) is 0 Å². The van der Waals surface area contributed by atoms with Gasteiger partial charge in [0.15, 0.2) is 0 Å². The molecule has 0 aromatic heterocycles. The van der Waals surface area contributed by atoms with E-state index in [4.69, 9.17) is 0 Å². The van der Waals surface area contributed by atoms with E-state index in [1.807, 2.05) is 13.8 Å². The van der Waals surface area contributed by atoms with E-state index in [0.717, 1.165) is 11.3 Å². The second-order valence-corrected chi connectivity index (χ2v) is 4.27. The first-order valence-corrected chi connectivity index (χ1v) is 5.13. The molecule has 1 rings (SSSR count). The molecule has 15 heavy (non-hydrogen) atoms. The average Bonchev–Trinajstić information content (AvgIpc) is 2.92. The maximum absolute atomic E-state index is 12.1. The van der Waals surface area contributed by atoms with E-state index < -0.39 is 12.1 Å². The van der Waals surface area contributed by atoms with Crippen LogP contribution in [0.2, 0.25) is 0 Å². The Labute approximate surface area is 87.4 Å². The molecule has 1 aliphatic carbocycles. The summed E-state index contributed by atoms with van der Waals surface area (Å²) in [5, 5.41) is 0. The number of halogens is 3. The number of hydrogen-bond acceptors (Lipinski definition) is 1. The van der Waals surface area contributed by atoms with Crippen molar-refractivity contribution in [3.63, 3.8) is 0 Å². The summed E-state index contributed by atoms with van der Waals surface area (Å²) in [4.78, 5) is 11.7. The third kappa shape index (κ3) is 2.63. The lowest BCUT2D eigenvalue weighted by atomic mass is 10.0. The van der Waals surface area contributed by atoms with Crippen LogP contribution in [0.1, 0.15) is 26.7 Å². The van der Waals surface area contributed by atoms with Crippen LogP contribution in [0.4, 0.5) is 13.2 Å². The quantitative estimate of drug-likeness (QED) is 0.719. The second-order valence-electron chi connectivity index (χ2n) is 4.27. The fourth-order valence-corrected chi connectivity index (χ4v) is 1.91. The van der Waals surface area contributed by atoms with Gasteiger partial charge >= 0.3 is 12.1 Å². The summed E-state index contributed by atoms with van der Waals surface area (Å²) < 4.78 is 36.3. The summed E-state index contributed by atoms with van der Waals surface area (Å²) >= 11 is 0. The lowest BCUT2D eigenvalue weighted by molar-refractivity contribution is -0.184. The van der Waals surface area contributed by atoms with Crippen LogP contribution < -0.4 is 0 Å². The minimum atomic E-state index is -4.74. The van der Waals surface area contributed by atoms with Crippen molar-refractivity contribution in [2.45, 2.75) is 38.9 Å². The van der Waals surface area contributed by atoms with Crippen molar-refractivity contribution >= 4 is 5.91 Å². The van der Waals surface area contributed by atoms with Crippen LogP contribution >= 0.6 is 0 Å². The molecule has 3 unspecified atom stereocenters. The third-order valence-electron chi connectivity index (χ3n) is 3.24. The molecule has 0 aromatic carbocycles. The zero-order chi connectivity index (χ0) is 11.8. The van der Waals surface area contributed by atoms with E-state index in [1.54, 1.807) is 0 Å². The van der Waals surface area contributed by atoms with Gasteiger partial charge in [-0.1, -0.05) is 20.3 Å². The molecule has 3 atom stereocenters. The predicted octanol–water partition coefficient (Wildman–Crippen LogP) is 2.44. The fourth-order valence-electron chi connectivity index (χ4n) is 1.91. The Bertz CT molecular complexity index is 252. The number of rotatable bonds is 3. The number of amides is 1. The van der Waals surface area contributed by atoms with Gasteiger partial charge in [-0.2, -0.15) is 13.2 Å². The van der Waals surface area contributed by atoms with Crippen LogP contribution in [-0.2, 0) is 4.79 Å². The number of carbonyl (C=O) groups excluding carboxylic acids is 1. The Morgan fingerprint density at radius 3 is 2.47 bits per heavy atom. The van der Waals surface area contributed by atoms with Gasteiger partial charge in [0.1, 0.15) is 0 Å². The molecule has 0 radical (unpaired) electrons. The predicted molar refractivity (Wildman–Crippen MR) is 50.2 cm³/mol. The van der Waals surface area contributed by atoms with E-state index in [1.165, 1.54) is 7.05 Å². The standard InChI is InChI=1S/C10H16F3NO/c1-4-6(2)7-5-8(7)14(3)9(15)10(11,12)13/h6-8H,4-5H2,1-3H3. The maximum Gasteiger partial charge on any atom is 0.471 e. The van der Waals surface area contributed by atoms with Gasteiger partial charge in [0.25, 0.3) is 0 Å². The summed E-state index contributed by atoms with van der Waals surface area (Å²) in [5.41, 5.74) is 0. The lowest BCUT2D eigenvalue weighted by Crippen LogP contribution is -2.40. The number of alkyl halides is 3. The number of hydrogen-bond donors (Lipinski definition) is 0. The first kappa shape index (κ1) is 12.3. The Morgan fingerprint density at radius 1 is 1.53 bits per heavy atom. The zero-order valence-corrected chi connectivity index (χ0v) is 9.14. The van der Waals surface area contributed by atoms with E-state index in [9.17, 15) is 18.0 Å². The first-order chi connectivity index (χ1) is 6.79. The average molecular weight is 223 g/mol. The minimum absolute atomic E-state index is 0.214. The molecular weight excluding hydrogens is 207 g/mol. The Hall–Kier alpha value is -0.740. The normalized spacial score (nSPS) is 27.3. The molecule has 0 aliphatic heterocycles. The molecule has 0 heterocycles. The van der Waals surface area contributed by atoms with E-state index in [-0.39, 0.29) is 12.0 Å². The van der Waals surface area contributed by atoms with Crippen molar-refractivity contribution in [2.75, 3.05) is 7.05 Å². The summed E-state index contributed by atoms with van der Waals surface area (Å²) in [6.07, 6.45) is -3.10. The van der Waals surface area contributed by atoms with Gasteiger partial charge in [-0.15, -0.1) is 0 Å². The van der Waals surface area contributed by atoms with Crippen LogP contribution in [0.15, 0.2) is 0 Å². The second kappa shape index (κ2) is 4.02. The SMILES string of the molecule is CCC(C)C1CC1N(C)C(=O)C(F)(F)F. The van der Waals surface area contributed by atoms with Crippen LogP contribution in [0.5, 0.6) is 0 Å². The highest BCUT2D eigenvalue weighted by atomic mass is 19.4. The summed E-state index contributed by atoms with van der Waals surface area (Å²) in [6.45, 7) is 4.02. The van der Waals surface area contributed by atoms with Crippen molar-refractivity contribution in [3.05, 3.63) is 0 Å².